The largest absolute Gasteiger partial charge is 0.230 e. The van der Waals surface area contributed by atoms with Gasteiger partial charge < -0.3 is 0 Å². The molecule has 2 rings (SSSR count). The minimum Gasteiger partial charge on any atom is -0.230 e. The molecule has 0 N–H and O–H groups in total. The summed E-state index contributed by atoms with van der Waals surface area (Å²) in [6.07, 6.45) is 8.95. The van der Waals surface area contributed by atoms with E-state index in [1.54, 1.807) is 12.3 Å². The second kappa shape index (κ2) is 4.09. The highest BCUT2D eigenvalue weighted by Crippen LogP contribution is 2.26. The maximum absolute atomic E-state index is 6.11. The zero-order valence-electron chi connectivity index (χ0n) is 7.99. The van der Waals surface area contributed by atoms with Gasteiger partial charge in [0.15, 0.2) is 5.16 Å². The van der Waals surface area contributed by atoms with Crippen LogP contribution in [0.5, 0.6) is 0 Å². The molecule has 4 heteroatoms. The lowest BCUT2D eigenvalue weighted by molar-refractivity contribution is 1.01. The first-order chi connectivity index (χ1) is 7.26. The van der Waals surface area contributed by atoms with Gasteiger partial charge in [0, 0.05) is 17.1 Å². The molecule has 0 amide bonds. The normalized spacial score (nSPS) is 10.2. The van der Waals surface area contributed by atoms with Gasteiger partial charge in [-0.1, -0.05) is 29.3 Å². The smallest absolute Gasteiger partial charge is 0.187 e. The molecular formula is C11H7ClN2S. The summed E-state index contributed by atoms with van der Waals surface area (Å²) in [4.78, 5) is 8.49. The van der Waals surface area contributed by atoms with Gasteiger partial charge in [0.05, 0.1) is 10.5 Å². The van der Waals surface area contributed by atoms with E-state index in [-0.39, 0.29) is 0 Å². The molecular weight excluding hydrogens is 228 g/mol. The molecule has 0 aliphatic rings. The molecule has 1 aromatic carbocycles. The van der Waals surface area contributed by atoms with Gasteiger partial charge in [-0.3, -0.25) is 0 Å². The Balaban J connectivity index is 2.75. The van der Waals surface area contributed by atoms with Crippen LogP contribution >= 0.6 is 23.4 Å². The van der Waals surface area contributed by atoms with E-state index in [2.05, 4.69) is 15.9 Å². The van der Waals surface area contributed by atoms with Crippen LogP contribution in [0.4, 0.5) is 0 Å². The molecule has 74 valence electrons. The SMILES string of the molecule is C#Cc1ccc2nc(SC)ncc2c1Cl. The third-order valence-corrected chi connectivity index (χ3v) is 2.98. The maximum Gasteiger partial charge on any atom is 0.187 e. The fraction of sp³-hybridized carbons (Fsp3) is 0.0909. The summed E-state index contributed by atoms with van der Waals surface area (Å²) in [5, 5.41) is 2.07. The van der Waals surface area contributed by atoms with Crippen molar-refractivity contribution in [1.82, 2.24) is 9.97 Å². The molecule has 2 aromatic rings. The van der Waals surface area contributed by atoms with Crippen molar-refractivity contribution in [1.29, 1.82) is 0 Å². The molecule has 1 aromatic heterocycles. The Morgan fingerprint density at radius 1 is 1.47 bits per heavy atom. The van der Waals surface area contributed by atoms with Crippen molar-refractivity contribution in [2.45, 2.75) is 5.16 Å². The first-order valence-electron chi connectivity index (χ1n) is 4.22. The van der Waals surface area contributed by atoms with Crippen LogP contribution in [-0.4, -0.2) is 16.2 Å². The Kier molecular flexibility index (Phi) is 2.81. The van der Waals surface area contributed by atoms with E-state index in [1.807, 2.05) is 12.3 Å². The van der Waals surface area contributed by atoms with Gasteiger partial charge in [-0.2, -0.15) is 0 Å². The van der Waals surface area contributed by atoms with Crippen molar-refractivity contribution in [3.63, 3.8) is 0 Å². The summed E-state index contributed by atoms with van der Waals surface area (Å²) < 4.78 is 0. The number of halogens is 1. The molecule has 0 radical (unpaired) electrons. The average molecular weight is 235 g/mol. The second-order valence-corrected chi connectivity index (χ2v) is 4.01. The van der Waals surface area contributed by atoms with Crippen LogP contribution < -0.4 is 0 Å². The molecule has 0 saturated carbocycles. The minimum absolute atomic E-state index is 0.544. The first kappa shape index (κ1) is 10.3. The van der Waals surface area contributed by atoms with Crippen LogP contribution in [0.3, 0.4) is 0 Å². The quantitative estimate of drug-likeness (QED) is 0.431. The van der Waals surface area contributed by atoms with Crippen LogP contribution in [0.1, 0.15) is 5.56 Å². The van der Waals surface area contributed by atoms with Gasteiger partial charge in [0.25, 0.3) is 0 Å². The monoisotopic (exact) mass is 234 g/mol. The van der Waals surface area contributed by atoms with Crippen molar-refractivity contribution in [2.24, 2.45) is 0 Å². The van der Waals surface area contributed by atoms with Gasteiger partial charge in [-0.05, 0) is 18.4 Å². The van der Waals surface area contributed by atoms with Crippen molar-refractivity contribution in [3.8, 4) is 12.3 Å². The van der Waals surface area contributed by atoms with Gasteiger partial charge in [-0.25, -0.2) is 9.97 Å². The number of hydrogen-bond acceptors (Lipinski definition) is 3. The van der Waals surface area contributed by atoms with Gasteiger partial charge >= 0.3 is 0 Å². The van der Waals surface area contributed by atoms with E-state index in [9.17, 15) is 0 Å². The molecule has 1 heterocycles. The summed E-state index contributed by atoms with van der Waals surface area (Å²) >= 11 is 7.60. The highest BCUT2D eigenvalue weighted by Gasteiger charge is 2.06. The van der Waals surface area contributed by atoms with Crippen LogP contribution in [0.2, 0.25) is 5.02 Å². The van der Waals surface area contributed by atoms with E-state index in [0.717, 1.165) is 16.1 Å². The number of thioether (sulfide) groups is 1. The molecule has 0 bridgehead atoms. The van der Waals surface area contributed by atoms with Crippen molar-refractivity contribution in [3.05, 3.63) is 28.9 Å². The zero-order chi connectivity index (χ0) is 10.8. The Labute approximate surface area is 97.1 Å². The van der Waals surface area contributed by atoms with E-state index in [4.69, 9.17) is 18.0 Å². The predicted molar refractivity (Wildman–Crippen MR) is 64.3 cm³/mol. The summed E-state index contributed by atoms with van der Waals surface area (Å²) in [5.41, 5.74) is 1.49. The lowest BCUT2D eigenvalue weighted by atomic mass is 10.1. The molecule has 0 saturated heterocycles. The van der Waals surface area contributed by atoms with Gasteiger partial charge in [0.2, 0.25) is 0 Å². The summed E-state index contributed by atoms with van der Waals surface area (Å²) in [7, 11) is 0. The number of hydrogen-bond donors (Lipinski definition) is 0. The van der Waals surface area contributed by atoms with Crippen LogP contribution in [0.15, 0.2) is 23.5 Å². The third-order valence-electron chi connectivity index (χ3n) is 2.02. The Morgan fingerprint density at radius 2 is 2.27 bits per heavy atom. The van der Waals surface area contributed by atoms with E-state index in [0.29, 0.717) is 10.6 Å². The lowest BCUT2D eigenvalue weighted by Crippen LogP contribution is -1.89. The fourth-order valence-electron chi connectivity index (χ4n) is 1.26. The van der Waals surface area contributed by atoms with Crippen molar-refractivity contribution in [2.75, 3.05) is 6.26 Å². The predicted octanol–water partition coefficient (Wildman–Crippen LogP) is 2.99. The van der Waals surface area contributed by atoms with E-state index in [1.165, 1.54) is 11.8 Å². The summed E-state index contributed by atoms with van der Waals surface area (Å²) in [6.45, 7) is 0. The second-order valence-electron chi connectivity index (χ2n) is 2.86. The third kappa shape index (κ3) is 1.79. The summed E-state index contributed by atoms with van der Waals surface area (Å²) in [6, 6.07) is 3.65. The lowest BCUT2D eigenvalue weighted by Gasteiger charge is -2.02. The van der Waals surface area contributed by atoms with Crippen molar-refractivity contribution >= 4 is 34.3 Å². The molecule has 0 aliphatic heterocycles. The van der Waals surface area contributed by atoms with Gasteiger partial charge in [-0.15, -0.1) is 6.42 Å². The van der Waals surface area contributed by atoms with Crippen LogP contribution in [0.25, 0.3) is 10.9 Å². The topological polar surface area (TPSA) is 25.8 Å². The number of fused-ring (bicyclic) bond motifs is 1. The zero-order valence-corrected chi connectivity index (χ0v) is 9.56. The number of rotatable bonds is 1. The Bertz CT molecular complexity index is 560. The highest BCUT2D eigenvalue weighted by atomic mass is 35.5. The number of benzene rings is 1. The van der Waals surface area contributed by atoms with Crippen LogP contribution in [-0.2, 0) is 0 Å². The minimum atomic E-state index is 0.544. The average Bonchev–Trinajstić information content (AvgIpc) is 2.29. The summed E-state index contributed by atoms with van der Waals surface area (Å²) in [5.74, 6) is 2.52. The molecule has 2 nitrogen and oxygen atoms in total. The molecule has 15 heavy (non-hydrogen) atoms. The Hall–Kier alpha value is -1.24. The van der Waals surface area contributed by atoms with Crippen molar-refractivity contribution < 1.29 is 0 Å². The number of terminal acetylenes is 1. The Morgan fingerprint density at radius 3 is 2.93 bits per heavy atom. The molecule has 0 spiro atoms. The van der Waals surface area contributed by atoms with Crippen LogP contribution in [0, 0.1) is 12.3 Å². The standard InChI is InChI=1S/C11H7ClN2S/c1-3-7-4-5-9-8(10(7)12)6-13-11(14-9)15-2/h1,4-6H,2H3. The maximum atomic E-state index is 6.11. The molecule has 0 aliphatic carbocycles. The van der Waals surface area contributed by atoms with E-state index < -0.39 is 0 Å². The number of aromatic nitrogens is 2. The van der Waals surface area contributed by atoms with E-state index >= 15 is 0 Å². The molecule has 0 fully saturated rings. The molecule has 0 atom stereocenters. The number of nitrogens with zero attached hydrogens (tertiary/aromatic N) is 2. The first-order valence-corrected chi connectivity index (χ1v) is 5.82. The van der Waals surface area contributed by atoms with Gasteiger partial charge in [0.1, 0.15) is 0 Å². The highest BCUT2D eigenvalue weighted by molar-refractivity contribution is 7.98. The molecule has 0 unspecified atom stereocenters. The fourth-order valence-corrected chi connectivity index (χ4v) is 1.88.